The molecule has 32 heavy (non-hydrogen) atoms. The maximum absolute atomic E-state index is 15.8. The van der Waals surface area contributed by atoms with Crippen LogP contribution < -0.4 is 11.1 Å². The Labute approximate surface area is 189 Å². The minimum atomic E-state index is -0.444. The lowest BCUT2D eigenvalue weighted by atomic mass is 9.68. The van der Waals surface area contributed by atoms with E-state index in [0.717, 1.165) is 21.4 Å². The quantitative estimate of drug-likeness (QED) is 0.511. The summed E-state index contributed by atoms with van der Waals surface area (Å²) in [7, 11) is 0. The number of fused-ring (bicyclic) bond motifs is 4. The molecule has 3 heterocycles. The molecule has 1 aliphatic heterocycles. The molecule has 162 valence electrons. The first-order chi connectivity index (χ1) is 15.6. The van der Waals surface area contributed by atoms with Crippen LogP contribution in [0.4, 0.5) is 10.2 Å². The fourth-order valence-corrected chi connectivity index (χ4v) is 6.27. The average Bonchev–Trinajstić information content (AvgIpc) is 3.39. The van der Waals surface area contributed by atoms with Crippen LogP contribution in [-0.4, -0.2) is 27.6 Å². The molecule has 0 unspecified atom stereocenters. The van der Waals surface area contributed by atoms with Gasteiger partial charge in [0.25, 0.3) is 0 Å². The van der Waals surface area contributed by atoms with Gasteiger partial charge in [0.1, 0.15) is 17.2 Å². The zero-order chi connectivity index (χ0) is 21.8. The molecular formula is C24H23FN6S. The van der Waals surface area contributed by atoms with Crippen molar-refractivity contribution < 1.29 is 4.39 Å². The Morgan fingerprint density at radius 2 is 1.94 bits per heavy atom. The highest BCUT2D eigenvalue weighted by atomic mass is 32.1. The first-order valence-corrected chi connectivity index (χ1v) is 11.8. The van der Waals surface area contributed by atoms with Gasteiger partial charge in [-0.25, -0.2) is 19.4 Å². The van der Waals surface area contributed by atoms with E-state index in [4.69, 9.17) is 11.1 Å². The predicted octanol–water partition coefficient (Wildman–Crippen LogP) is 5.22. The van der Waals surface area contributed by atoms with E-state index in [1.54, 1.807) is 0 Å². The van der Waals surface area contributed by atoms with Crippen molar-refractivity contribution in [3.63, 3.8) is 0 Å². The van der Waals surface area contributed by atoms with E-state index in [1.165, 1.54) is 43.2 Å². The number of thiophene rings is 1. The third-order valence-electron chi connectivity index (χ3n) is 6.98. The van der Waals surface area contributed by atoms with Crippen molar-refractivity contribution in [2.75, 3.05) is 5.32 Å². The van der Waals surface area contributed by atoms with Crippen molar-refractivity contribution >= 4 is 44.4 Å². The summed E-state index contributed by atoms with van der Waals surface area (Å²) < 4.78 is 16.9. The predicted molar refractivity (Wildman–Crippen MR) is 128 cm³/mol. The van der Waals surface area contributed by atoms with Crippen LogP contribution in [0.3, 0.4) is 0 Å². The number of anilines is 1. The van der Waals surface area contributed by atoms with E-state index < -0.39 is 5.82 Å². The summed E-state index contributed by atoms with van der Waals surface area (Å²) in [6, 6.07) is 10.1. The van der Waals surface area contributed by atoms with Gasteiger partial charge in [-0.15, -0.1) is 11.3 Å². The second kappa shape index (κ2) is 7.48. The van der Waals surface area contributed by atoms with Gasteiger partial charge < -0.3 is 11.1 Å². The molecule has 2 aromatic heterocycles. The highest BCUT2D eigenvalue weighted by molar-refractivity contribution is 7.22. The number of nitrogens with two attached hydrogens (primary N) is 1. The maximum atomic E-state index is 15.8. The summed E-state index contributed by atoms with van der Waals surface area (Å²) in [5.74, 6) is 1.42. The van der Waals surface area contributed by atoms with Crippen molar-refractivity contribution in [2.45, 2.75) is 38.1 Å². The number of aromatic nitrogens is 2. The van der Waals surface area contributed by atoms with Crippen LogP contribution in [0.25, 0.3) is 26.2 Å². The largest absolute Gasteiger partial charge is 0.382 e. The van der Waals surface area contributed by atoms with Crippen molar-refractivity contribution in [3.8, 4) is 10.6 Å². The number of hydrogen-bond acceptors (Lipinski definition) is 7. The van der Waals surface area contributed by atoms with Gasteiger partial charge >= 0.3 is 0 Å². The van der Waals surface area contributed by atoms with Gasteiger partial charge in [0.2, 0.25) is 0 Å². The summed E-state index contributed by atoms with van der Waals surface area (Å²) >= 11 is 1.50. The molecule has 1 aromatic carbocycles. The molecule has 8 heteroatoms. The molecule has 0 saturated heterocycles. The molecule has 1 atom stereocenters. The second-order valence-electron chi connectivity index (χ2n) is 8.91. The van der Waals surface area contributed by atoms with Crippen LogP contribution in [0.5, 0.6) is 0 Å². The van der Waals surface area contributed by atoms with E-state index in [9.17, 15) is 0 Å². The van der Waals surface area contributed by atoms with Crippen molar-refractivity contribution in [3.05, 3.63) is 48.2 Å². The minimum absolute atomic E-state index is 0.0709. The third kappa shape index (κ3) is 3.21. The Morgan fingerprint density at radius 1 is 1.12 bits per heavy atom. The number of rotatable bonds is 4. The highest BCUT2D eigenvalue weighted by Gasteiger charge is 2.36. The topological polar surface area (TPSA) is 100 Å². The van der Waals surface area contributed by atoms with Crippen molar-refractivity contribution in [1.29, 1.82) is 5.41 Å². The molecule has 7 rings (SSSR count). The van der Waals surface area contributed by atoms with Gasteiger partial charge in [0.15, 0.2) is 17.5 Å². The number of nitrogens with one attached hydrogen (secondary N) is 2. The standard InChI is InChI=1S/C24H23FN6S/c25-19-21(18-10-14-3-1-2-4-17(14)32-18)30-23(15-11-28-22(27)20(15)26)31-24(19)29-16-9-12-5-7-13(16)8-6-12/h1-4,10-13,16H,5-9H2,(H3,26,27,28)(H,29,30,31)/t12?,13?,16-/m0/s1. The SMILES string of the molecule is N=C1C(c2nc(N[C@H]3CC4CCC3CC4)c(F)c(-c3cc4ccccc4s3)n2)=CN=C1N. The maximum Gasteiger partial charge on any atom is 0.192 e. The van der Waals surface area contributed by atoms with Gasteiger partial charge in [-0.1, -0.05) is 31.0 Å². The Hall–Kier alpha value is -3.13. The lowest BCUT2D eigenvalue weighted by molar-refractivity contribution is 0.157. The smallest absolute Gasteiger partial charge is 0.192 e. The monoisotopic (exact) mass is 446 g/mol. The van der Waals surface area contributed by atoms with E-state index in [-0.39, 0.29) is 34.9 Å². The molecule has 2 bridgehead atoms. The normalized spacial score (nSPS) is 24.7. The fraction of sp³-hybridized carbons (Fsp3) is 0.333. The van der Waals surface area contributed by atoms with E-state index in [0.29, 0.717) is 17.4 Å². The summed E-state index contributed by atoms with van der Waals surface area (Å²) in [5, 5.41) is 12.7. The van der Waals surface area contributed by atoms with E-state index in [2.05, 4.69) is 20.3 Å². The highest BCUT2D eigenvalue weighted by Crippen LogP contribution is 2.43. The average molecular weight is 447 g/mol. The van der Waals surface area contributed by atoms with Crippen LogP contribution in [-0.2, 0) is 0 Å². The van der Waals surface area contributed by atoms with Crippen LogP contribution in [0.1, 0.15) is 37.9 Å². The second-order valence-corrected chi connectivity index (χ2v) is 9.99. The number of nitrogens with zero attached hydrogens (tertiary/aromatic N) is 3. The van der Waals surface area contributed by atoms with E-state index >= 15 is 4.39 Å². The number of benzene rings is 1. The zero-order valence-corrected chi connectivity index (χ0v) is 18.3. The molecule has 3 fully saturated rings. The molecule has 0 spiro atoms. The first kappa shape index (κ1) is 19.5. The summed E-state index contributed by atoms with van der Waals surface area (Å²) in [6.07, 6.45) is 7.46. The summed E-state index contributed by atoms with van der Waals surface area (Å²) in [4.78, 5) is 13.8. The Kier molecular flexibility index (Phi) is 4.57. The third-order valence-corrected chi connectivity index (χ3v) is 8.10. The van der Waals surface area contributed by atoms with Crippen LogP contribution in [0, 0.1) is 23.1 Å². The Bertz CT molecular complexity index is 1270. The molecular weight excluding hydrogens is 423 g/mol. The molecule has 6 nitrogen and oxygen atoms in total. The number of hydrogen-bond donors (Lipinski definition) is 3. The first-order valence-electron chi connectivity index (χ1n) is 11.0. The minimum Gasteiger partial charge on any atom is -0.382 e. The Morgan fingerprint density at radius 3 is 2.62 bits per heavy atom. The van der Waals surface area contributed by atoms with Gasteiger partial charge in [-0.2, -0.15) is 0 Å². The number of halogens is 1. The molecule has 4 N–H and O–H groups in total. The van der Waals surface area contributed by atoms with E-state index in [1.807, 2.05) is 30.3 Å². The summed E-state index contributed by atoms with van der Waals surface area (Å²) in [6.45, 7) is 0. The van der Waals surface area contributed by atoms with Gasteiger partial charge in [0.05, 0.1) is 10.5 Å². The van der Waals surface area contributed by atoms with Gasteiger partial charge in [-0.05, 0) is 48.6 Å². The molecule has 3 saturated carbocycles. The van der Waals surface area contributed by atoms with Crippen LogP contribution in [0.2, 0.25) is 0 Å². The van der Waals surface area contributed by atoms with Gasteiger partial charge in [0, 0.05) is 16.9 Å². The number of aliphatic imine (C=N–C) groups is 1. The molecule has 0 amide bonds. The summed E-state index contributed by atoms with van der Waals surface area (Å²) in [5.41, 5.74) is 6.53. The molecule has 4 aliphatic rings. The molecule has 3 aliphatic carbocycles. The van der Waals surface area contributed by atoms with Crippen molar-refractivity contribution in [1.82, 2.24) is 9.97 Å². The molecule has 0 radical (unpaired) electrons. The van der Waals surface area contributed by atoms with Crippen molar-refractivity contribution in [2.24, 2.45) is 22.6 Å². The van der Waals surface area contributed by atoms with Crippen LogP contribution in [0.15, 0.2) is 41.5 Å². The molecule has 3 aromatic rings. The Balaban J connectivity index is 1.45. The zero-order valence-electron chi connectivity index (χ0n) is 17.4. The number of amidine groups is 1. The lowest BCUT2D eigenvalue weighted by Gasteiger charge is -2.42. The lowest BCUT2D eigenvalue weighted by Crippen LogP contribution is -2.40. The van der Waals surface area contributed by atoms with Gasteiger partial charge in [-0.3, -0.25) is 5.41 Å². The van der Waals surface area contributed by atoms with Crippen LogP contribution >= 0.6 is 11.3 Å². The fourth-order valence-electron chi connectivity index (χ4n) is 5.23.